The summed E-state index contributed by atoms with van der Waals surface area (Å²) in [6.45, 7) is 5.51. The number of fused-ring (bicyclic) bond motifs is 1. The van der Waals surface area contributed by atoms with Crippen LogP contribution in [0.3, 0.4) is 0 Å². The summed E-state index contributed by atoms with van der Waals surface area (Å²) in [6, 6.07) is 10.3. The van der Waals surface area contributed by atoms with Gasteiger partial charge < -0.3 is 19.4 Å². The van der Waals surface area contributed by atoms with Gasteiger partial charge in [-0.25, -0.2) is 0 Å². The number of aromatic nitrogens is 1. The van der Waals surface area contributed by atoms with E-state index >= 15 is 0 Å². The Kier molecular flexibility index (Phi) is 4.34. The number of hydrogen-bond acceptors (Lipinski definition) is 3. The van der Waals surface area contributed by atoms with Crippen LogP contribution in [0, 0.1) is 0 Å². The SMILES string of the molecule is CCCn1cccc1CNc1ccc2c(c1)OCCCO2. The fraction of sp³-hybridized carbons (Fsp3) is 0.412. The summed E-state index contributed by atoms with van der Waals surface area (Å²) in [5, 5.41) is 3.46. The molecule has 112 valence electrons. The summed E-state index contributed by atoms with van der Waals surface area (Å²) < 4.78 is 13.7. The van der Waals surface area contributed by atoms with Crippen LogP contribution in [0.2, 0.25) is 0 Å². The molecule has 0 spiro atoms. The van der Waals surface area contributed by atoms with Crippen molar-refractivity contribution in [2.75, 3.05) is 18.5 Å². The van der Waals surface area contributed by atoms with Crippen LogP contribution in [0.25, 0.3) is 0 Å². The number of nitrogens with one attached hydrogen (secondary N) is 1. The number of anilines is 1. The largest absolute Gasteiger partial charge is 0.490 e. The minimum Gasteiger partial charge on any atom is -0.490 e. The standard InChI is InChI=1S/C17H22N2O2/c1-2-8-19-9-3-5-15(19)13-18-14-6-7-16-17(12-14)21-11-4-10-20-16/h3,5-7,9,12,18H,2,4,8,10-11,13H2,1H3. The van der Waals surface area contributed by atoms with Gasteiger partial charge in [0, 0.05) is 36.6 Å². The van der Waals surface area contributed by atoms with Gasteiger partial charge in [0.2, 0.25) is 0 Å². The van der Waals surface area contributed by atoms with Crippen LogP contribution in [-0.4, -0.2) is 17.8 Å². The van der Waals surface area contributed by atoms with Gasteiger partial charge in [0.15, 0.2) is 11.5 Å². The lowest BCUT2D eigenvalue weighted by Crippen LogP contribution is -2.07. The highest BCUT2D eigenvalue weighted by atomic mass is 16.5. The van der Waals surface area contributed by atoms with Crippen LogP contribution in [0.5, 0.6) is 11.5 Å². The Labute approximate surface area is 125 Å². The number of hydrogen-bond donors (Lipinski definition) is 1. The first-order valence-corrected chi connectivity index (χ1v) is 7.64. The van der Waals surface area contributed by atoms with Crippen molar-refractivity contribution in [3.8, 4) is 11.5 Å². The summed E-state index contributed by atoms with van der Waals surface area (Å²) in [5.74, 6) is 1.67. The van der Waals surface area contributed by atoms with Crippen molar-refractivity contribution < 1.29 is 9.47 Å². The van der Waals surface area contributed by atoms with Gasteiger partial charge in [-0.1, -0.05) is 6.92 Å². The summed E-state index contributed by atoms with van der Waals surface area (Å²) >= 11 is 0. The van der Waals surface area contributed by atoms with E-state index in [9.17, 15) is 0 Å². The van der Waals surface area contributed by atoms with E-state index in [1.165, 1.54) is 5.69 Å². The zero-order valence-corrected chi connectivity index (χ0v) is 12.5. The minimum atomic E-state index is 0.718. The van der Waals surface area contributed by atoms with Gasteiger partial charge in [0.1, 0.15) is 0 Å². The van der Waals surface area contributed by atoms with Crippen LogP contribution in [0.1, 0.15) is 25.5 Å². The fourth-order valence-electron chi connectivity index (χ4n) is 2.53. The molecule has 21 heavy (non-hydrogen) atoms. The summed E-state index contributed by atoms with van der Waals surface area (Å²) in [4.78, 5) is 0. The third-order valence-electron chi connectivity index (χ3n) is 3.61. The monoisotopic (exact) mass is 286 g/mol. The molecule has 0 radical (unpaired) electrons. The molecule has 0 atom stereocenters. The molecule has 3 rings (SSSR count). The van der Waals surface area contributed by atoms with Crippen LogP contribution in [0.4, 0.5) is 5.69 Å². The van der Waals surface area contributed by atoms with Gasteiger partial charge in [-0.2, -0.15) is 0 Å². The number of rotatable bonds is 5. The molecule has 2 aromatic rings. The molecule has 1 aromatic heterocycles. The summed E-state index contributed by atoms with van der Waals surface area (Å²) in [7, 11) is 0. The fourth-order valence-corrected chi connectivity index (χ4v) is 2.53. The van der Waals surface area contributed by atoms with E-state index in [1.807, 2.05) is 18.2 Å². The smallest absolute Gasteiger partial charge is 0.163 e. The first kappa shape index (κ1) is 13.9. The van der Waals surface area contributed by atoms with Crippen molar-refractivity contribution in [1.82, 2.24) is 4.57 Å². The van der Waals surface area contributed by atoms with Crippen molar-refractivity contribution in [3.63, 3.8) is 0 Å². The van der Waals surface area contributed by atoms with E-state index in [0.717, 1.165) is 56.3 Å². The third-order valence-corrected chi connectivity index (χ3v) is 3.61. The van der Waals surface area contributed by atoms with E-state index in [1.54, 1.807) is 0 Å². The second-order valence-corrected chi connectivity index (χ2v) is 5.26. The first-order chi connectivity index (χ1) is 10.4. The van der Waals surface area contributed by atoms with E-state index in [-0.39, 0.29) is 0 Å². The lowest BCUT2D eigenvalue weighted by Gasteiger charge is -2.12. The lowest BCUT2D eigenvalue weighted by atomic mass is 10.2. The molecule has 0 saturated heterocycles. The van der Waals surface area contributed by atoms with Crippen molar-refractivity contribution in [3.05, 3.63) is 42.2 Å². The van der Waals surface area contributed by atoms with Crippen LogP contribution in [0.15, 0.2) is 36.5 Å². The molecule has 0 saturated carbocycles. The molecule has 0 fully saturated rings. The van der Waals surface area contributed by atoms with E-state index < -0.39 is 0 Å². The molecule has 1 N–H and O–H groups in total. The Morgan fingerprint density at radius 2 is 2.00 bits per heavy atom. The molecule has 2 heterocycles. The number of benzene rings is 1. The zero-order valence-electron chi connectivity index (χ0n) is 12.5. The average molecular weight is 286 g/mol. The summed E-state index contributed by atoms with van der Waals surface area (Å²) in [5.41, 5.74) is 2.35. The van der Waals surface area contributed by atoms with Crippen molar-refractivity contribution in [2.45, 2.75) is 32.9 Å². The van der Waals surface area contributed by atoms with Crippen molar-refractivity contribution in [1.29, 1.82) is 0 Å². The molecular weight excluding hydrogens is 264 g/mol. The van der Waals surface area contributed by atoms with E-state index in [0.29, 0.717) is 0 Å². The molecule has 0 aliphatic carbocycles. The molecule has 1 aliphatic rings. The van der Waals surface area contributed by atoms with E-state index in [2.05, 4.69) is 35.1 Å². The molecule has 0 unspecified atom stereocenters. The predicted octanol–water partition coefficient (Wildman–Crippen LogP) is 3.67. The number of ether oxygens (including phenoxy) is 2. The average Bonchev–Trinajstić information content (AvgIpc) is 2.81. The Bertz CT molecular complexity index is 592. The molecule has 1 aliphatic heterocycles. The second kappa shape index (κ2) is 6.57. The van der Waals surface area contributed by atoms with Crippen LogP contribution < -0.4 is 14.8 Å². The first-order valence-electron chi connectivity index (χ1n) is 7.64. The third kappa shape index (κ3) is 3.32. The van der Waals surface area contributed by atoms with Gasteiger partial charge in [-0.3, -0.25) is 0 Å². The van der Waals surface area contributed by atoms with Gasteiger partial charge in [0.25, 0.3) is 0 Å². The highest BCUT2D eigenvalue weighted by Gasteiger charge is 2.10. The molecule has 1 aromatic carbocycles. The molecule has 4 nitrogen and oxygen atoms in total. The maximum Gasteiger partial charge on any atom is 0.163 e. The number of nitrogens with zero attached hydrogens (tertiary/aromatic N) is 1. The minimum absolute atomic E-state index is 0.718. The van der Waals surface area contributed by atoms with Crippen LogP contribution in [-0.2, 0) is 13.1 Å². The van der Waals surface area contributed by atoms with Gasteiger partial charge in [0.05, 0.1) is 19.8 Å². The molecule has 0 amide bonds. The quantitative estimate of drug-likeness (QED) is 0.911. The Hall–Kier alpha value is -2.10. The zero-order chi connectivity index (χ0) is 14.5. The second-order valence-electron chi connectivity index (χ2n) is 5.26. The lowest BCUT2D eigenvalue weighted by molar-refractivity contribution is 0.297. The highest BCUT2D eigenvalue weighted by molar-refractivity contribution is 5.55. The van der Waals surface area contributed by atoms with Gasteiger partial charge in [-0.15, -0.1) is 0 Å². The maximum absolute atomic E-state index is 5.72. The molecule has 4 heteroatoms. The van der Waals surface area contributed by atoms with Crippen molar-refractivity contribution in [2.24, 2.45) is 0 Å². The molecule has 0 bridgehead atoms. The van der Waals surface area contributed by atoms with Crippen LogP contribution >= 0.6 is 0 Å². The predicted molar refractivity (Wildman–Crippen MR) is 84.1 cm³/mol. The Balaban J connectivity index is 1.67. The topological polar surface area (TPSA) is 35.4 Å². The Morgan fingerprint density at radius 3 is 2.86 bits per heavy atom. The summed E-state index contributed by atoms with van der Waals surface area (Å²) in [6.07, 6.45) is 4.21. The Morgan fingerprint density at radius 1 is 1.14 bits per heavy atom. The molecular formula is C17H22N2O2. The van der Waals surface area contributed by atoms with E-state index in [4.69, 9.17) is 9.47 Å². The maximum atomic E-state index is 5.72. The highest BCUT2D eigenvalue weighted by Crippen LogP contribution is 2.32. The normalized spacial score (nSPS) is 13.8. The van der Waals surface area contributed by atoms with Crippen molar-refractivity contribution >= 4 is 5.69 Å². The van der Waals surface area contributed by atoms with Gasteiger partial charge >= 0.3 is 0 Å². The van der Waals surface area contributed by atoms with Gasteiger partial charge in [-0.05, 0) is 30.7 Å². The number of aryl methyl sites for hydroxylation is 1.